The molecule has 2 aliphatic rings. The third-order valence-corrected chi connectivity index (χ3v) is 5.19. The van der Waals surface area contributed by atoms with Crippen LogP contribution in [0.15, 0.2) is 6.20 Å². The van der Waals surface area contributed by atoms with Crippen LogP contribution in [0.5, 0.6) is 0 Å². The zero-order valence-corrected chi connectivity index (χ0v) is 14.9. The minimum Gasteiger partial charge on any atom is -0.312 e. The molecule has 7 heteroatoms. The fourth-order valence-electron chi connectivity index (χ4n) is 3.78. The van der Waals surface area contributed by atoms with Gasteiger partial charge in [-0.05, 0) is 33.6 Å². The molecule has 0 atom stereocenters. The molecule has 2 aromatic rings. The fourth-order valence-corrected chi connectivity index (χ4v) is 3.78. The van der Waals surface area contributed by atoms with Crippen LogP contribution in [0.4, 0.5) is 0 Å². The molecular formula is C17H27N7. The highest BCUT2D eigenvalue weighted by atomic mass is 15.4. The summed E-state index contributed by atoms with van der Waals surface area (Å²) in [5.74, 6) is 2.96. The largest absolute Gasteiger partial charge is 0.312 e. The third kappa shape index (κ3) is 2.97. The maximum Gasteiger partial charge on any atom is 0.147 e. The van der Waals surface area contributed by atoms with Crippen molar-refractivity contribution in [2.24, 2.45) is 0 Å². The van der Waals surface area contributed by atoms with Crippen LogP contribution in [0.25, 0.3) is 0 Å². The molecule has 0 amide bonds. The standard InChI is InChI=1S/C17H27N7/c1-17(2,3)24-11-14(18-21-24)10-22-8-9-23-15(12-22)19-20-16(23)13-6-4-5-7-13/h11,13H,4-10,12H2,1-3H3. The fraction of sp³-hybridized carbons (Fsp3) is 0.765. The predicted octanol–water partition coefficient (Wildman–Crippen LogP) is 2.30. The molecule has 1 aliphatic carbocycles. The smallest absolute Gasteiger partial charge is 0.147 e. The Morgan fingerprint density at radius 2 is 1.88 bits per heavy atom. The maximum absolute atomic E-state index is 4.51. The highest BCUT2D eigenvalue weighted by Crippen LogP contribution is 2.34. The molecule has 7 nitrogen and oxygen atoms in total. The van der Waals surface area contributed by atoms with Gasteiger partial charge < -0.3 is 4.57 Å². The number of fused-ring (bicyclic) bond motifs is 1. The van der Waals surface area contributed by atoms with Crippen molar-refractivity contribution in [1.82, 2.24) is 34.7 Å². The summed E-state index contributed by atoms with van der Waals surface area (Å²) in [4.78, 5) is 2.39. The van der Waals surface area contributed by atoms with Crippen LogP contribution < -0.4 is 0 Å². The number of rotatable bonds is 3. The van der Waals surface area contributed by atoms with Crippen LogP contribution in [-0.2, 0) is 25.2 Å². The lowest BCUT2D eigenvalue weighted by Gasteiger charge is -2.27. The van der Waals surface area contributed by atoms with Crippen LogP contribution in [0.2, 0.25) is 0 Å². The van der Waals surface area contributed by atoms with Gasteiger partial charge in [0.15, 0.2) is 0 Å². The molecule has 0 aromatic carbocycles. The van der Waals surface area contributed by atoms with Gasteiger partial charge in [-0.15, -0.1) is 15.3 Å². The second-order valence-corrected chi connectivity index (χ2v) is 8.14. The molecule has 0 bridgehead atoms. The van der Waals surface area contributed by atoms with E-state index in [2.05, 4.69) is 56.9 Å². The van der Waals surface area contributed by atoms with E-state index in [0.717, 1.165) is 37.7 Å². The SMILES string of the molecule is CC(C)(C)n1cc(CN2CCn3c(nnc3C3CCCC3)C2)nn1. The van der Waals surface area contributed by atoms with Gasteiger partial charge in [0.05, 0.1) is 24.0 Å². The van der Waals surface area contributed by atoms with E-state index < -0.39 is 0 Å². The molecule has 1 fully saturated rings. The molecule has 3 heterocycles. The van der Waals surface area contributed by atoms with E-state index >= 15 is 0 Å². The van der Waals surface area contributed by atoms with Crippen LogP contribution in [0.3, 0.4) is 0 Å². The van der Waals surface area contributed by atoms with Gasteiger partial charge in [0.25, 0.3) is 0 Å². The monoisotopic (exact) mass is 329 g/mol. The van der Waals surface area contributed by atoms with Gasteiger partial charge >= 0.3 is 0 Å². The quantitative estimate of drug-likeness (QED) is 0.864. The number of hydrogen-bond acceptors (Lipinski definition) is 5. The summed E-state index contributed by atoms with van der Waals surface area (Å²) in [5, 5.41) is 17.6. The first-order valence-corrected chi connectivity index (χ1v) is 9.07. The molecule has 0 N–H and O–H groups in total. The van der Waals surface area contributed by atoms with Crippen LogP contribution >= 0.6 is 0 Å². The second-order valence-electron chi connectivity index (χ2n) is 8.14. The molecule has 0 radical (unpaired) electrons. The zero-order valence-electron chi connectivity index (χ0n) is 14.9. The Hall–Kier alpha value is -1.76. The van der Waals surface area contributed by atoms with Crippen molar-refractivity contribution in [3.05, 3.63) is 23.5 Å². The van der Waals surface area contributed by atoms with Crippen molar-refractivity contribution >= 4 is 0 Å². The third-order valence-electron chi connectivity index (χ3n) is 5.19. The molecule has 2 aromatic heterocycles. The molecule has 24 heavy (non-hydrogen) atoms. The molecule has 130 valence electrons. The van der Waals surface area contributed by atoms with Crippen LogP contribution in [0.1, 0.15) is 69.7 Å². The molecule has 0 spiro atoms. The molecule has 0 saturated heterocycles. The predicted molar refractivity (Wildman–Crippen MR) is 90.4 cm³/mol. The van der Waals surface area contributed by atoms with Gasteiger partial charge in [0.1, 0.15) is 11.6 Å². The number of nitrogens with zero attached hydrogens (tertiary/aromatic N) is 7. The maximum atomic E-state index is 4.51. The van der Waals surface area contributed by atoms with E-state index in [1.165, 1.54) is 31.5 Å². The summed E-state index contributed by atoms with van der Waals surface area (Å²) in [5.41, 5.74) is 0.998. The highest BCUT2D eigenvalue weighted by molar-refractivity contribution is 5.06. The van der Waals surface area contributed by atoms with E-state index in [-0.39, 0.29) is 5.54 Å². The Kier molecular flexibility index (Phi) is 3.90. The van der Waals surface area contributed by atoms with Crippen LogP contribution in [0, 0.1) is 0 Å². The summed E-state index contributed by atoms with van der Waals surface area (Å²) in [6.45, 7) is 10.1. The molecule has 1 saturated carbocycles. The summed E-state index contributed by atoms with van der Waals surface area (Å²) in [7, 11) is 0. The lowest BCUT2D eigenvalue weighted by molar-refractivity contribution is 0.204. The minimum atomic E-state index is -0.0243. The summed E-state index contributed by atoms with van der Waals surface area (Å²) in [6.07, 6.45) is 7.28. The van der Waals surface area contributed by atoms with Crippen molar-refractivity contribution < 1.29 is 0 Å². The van der Waals surface area contributed by atoms with E-state index in [4.69, 9.17) is 0 Å². The Morgan fingerprint density at radius 1 is 1.08 bits per heavy atom. The minimum absolute atomic E-state index is 0.0243. The topological polar surface area (TPSA) is 64.7 Å². The first kappa shape index (κ1) is 15.7. The van der Waals surface area contributed by atoms with Crippen molar-refractivity contribution in [3.63, 3.8) is 0 Å². The highest BCUT2D eigenvalue weighted by Gasteiger charge is 2.28. The van der Waals surface area contributed by atoms with Gasteiger partial charge in [0, 0.05) is 25.6 Å². The number of hydrogen-bond donors (Lipinski definition) is 0. The molecule has 1 aliphatic heterocycles. The Labute approximate surface area is 143 Å². The average Bonchev–Trinajstić information content (AvgIpc) is 3.26. The Morgan fingerprint density at radius 3 is 2.58 bits per heavy atom. The van der Waals surface area contributed by atoms with E-state index in [9.17, 15) is 0 Å². The van der Waals surface area contributed by atoms with Crippen molar-refractivity contribution in [1.29, 1.82) is 0 Å². The van der Waals surface area contributed by atoms with Gasteiger partial charge in [-0.3, -0.25) is 4.90 Å². The average molecular weight is 329 g/mol. The number of aromatic nitrogens is 6. The summed E-state index contributed by atoms with van der Waals surface area (Å²) < 4.78 is 4.30. The lowest BCUT2D eigenvalue weighted by Crippen LogP contribution is -2.34. The van der Waals surface area contributed by atoms with Gasteiger partial charge in [0.2, 0.25) is 0 Å². The lowest BCUT2D eigenvalue weighted by atomic mass is 10.1. The Bertz CT molecular complexity index is 703. The van der Waals surface area contributed by atoms with Crippen LogP contribution in [-0.4, -0.2) is 41.2 Å². The van der Waals surface area contributed by atoms with Crippen molar-refractivity contribution in [2.45, 2.75) is 77.5 Å². The summed E-state index contributed by atoms with van der Waals surface area (Å²) in [6, 6.07) is 0. The Balaban J connectivity index is 1.44. The van der Waals surface area contributed by atoms with Gasteiger partial charge in [-0.25, -0.2) is 4.68 Å². The first-order valence-electron chi connectivity index (χ1n) is 9.07. The van der Waals surface area contributed by atoms with Crippen molar-refractivity contribution in [3.8, 4) is 0 Å². The van der Waals surface area contributed by atoms with E-state index in [0.29, 0.717) is 5.92 Å². The van der Waals surface area contributed by atoms with E-state index in [1.807, 2.05) is 4.68 Å². The van der Waals surface area contributed by atoms with Gasteiger partial charge in [-0.2, -0.15) is 0 Å². The summed E-state index contributed by atoms with van der Waals surface area (Å²) >= 11 is 0. The molecular weight excluding hydrogens is 302 g/mol. The molecule has 0 unspecified atom stereocenters. The normalized spacial score (nSPS) is 19.8. The van der Waals surface area contributed by atoms with E-state index in [1.54, 1.807) is 0 Å². The van der Waals surface area contributed by atoms with Gasteiger partial charge in [-0.1, -0.05) is 18.1 Å². The zero-order chi connectivity index (χ0) is 16.7. The van der Waals surface area contributed by atoms with Crippen molar-refractivity contribution in [2.75, 3.05) is 6.54 Å². The second kappa shape index (κ2) is 5.95. The first-order chi connectivity index (χ1) is 11.5. The molecule has 4 rings (SSSR count).